The van der Waals surface area contributed by atoms with Crippen LogP contribution in [0.25, 0.3) is 0 Å². The third-order valence-corrected chi connectivity index (χ3v) is 1.32. The monoisotopic (exact) mass is 150 g/mol. The minimum absolute atomic E-state index is 0.259. The molecule has 0 unspecified atom stereocenters. The third-order valence-electron chi connectivity index (χ3n) is 1.32. The molecular weight excluding hydrogens is 140 g/mol. The quantitative estimate of drug-likeness (QED) is 0.446. The van der Waals surface area contributed by atoms with Crippen LogP contribution in [0.5, 0.6) is 5.75 Å². The molecular formula is C8H10N2O. The van der Waals surface area contributed by atoms with Gasteiger partial charge in [-0.05, 0) is 17.7 Å². The van der Waals surface area contributed by atoms with E-state index < -0.39 is 0 Å². The molecule has 0 heterocycles. The second-order valence-electron chi connectivity index (χ2n) is 2.20. The summed E-state index contributed by atoms with van der Waals surface area (Å²) < 4.78 is 0. The van der Waals surface area contributed by atoms with Gasteiger partial charge in [0.25, 0.3) is 0 Å². The highest BCUT2D eigenvalue weighted by molar-refractivity contribution is 5.49. The van der Waals surface area contributed by atoms with E-state index in [1.54, 1.807) is 18.2 Å². The number of hydrogen-bond acceptors (Lipinski definition) is 2. The Bertz CT molecular complexity index is 248. The standard InChI is InChI=1S/C8H10N2O/c9-6-10-5-7-2-1-3-8(11)4-7/h1-4,6,11H,5H2,(H2,9,10). The van der Waals surface area contributed by atoms with Crippen molar-refractivity contribution < 1.29 is 5.11 Å². The molecule has 1 aromatic carbocycles. The molecule has 3 N–H and O–H groups in total. The van der Waals surface area contributed by atoms with Gasteiger partial charge in [-0.15, -0.1) is 0 Å². The molecule has 0 radical (unpaired) electrons. The molecule has 0 bridgehead atoms. The van der Waals surface area contributed by atoms with Gasteiger partial charge >= 0.3 is 0 Å². The predicted octanol–water partition coefficient (Wildman–Crippen LogP) is 1.09. The van der Waals surface area contributed by atoms with Crippen molar-refractivity contribution in [3.05, 3.63) is 29.8 Å². The molecule has 0 aliphatic rings. The van der Waals surface area contributed by atoms with Crippen LogP contribution in [-0.4, -0.2) is 11.4 Å². The lowest BCUT2D eigenvalue weighted by atomic mass is 10.2. The van der Waals surface area contributed by atoms with Crippen LogP contribution < -0.4 is 5.32 Å². The molecule has 0 aliphatic heterocycles. The smallest absolute Gasteiger partial charge is 0.115 e. The lowest BCUT2D eigenvalue weighted by Crippen LogP contribution is -2.08. The minimum atomic E-state index is 0.259. The average molecular weight is 150 g/mol. The molecule has 1 rings (SSSR count). The van der Waals surface area contributed by atoms with E-state index in [2.05, 4.69) is 5.32 Å². The Labute approximate surface area is 65.2 Å². The number of phenols is 1. The molecule has 0 spiro atoms. The van der Waals surface area contributed by atoms with Crippen LogP contribution >= 0.6 is 0 Å². The van der Waals surface area contributed by atoms with Crippen molar-refractivity contribution in [3.63, 3.8) is 0 Å². The predicted molar refractivity (Wildman–Crippen MR) is 43.7 cm³/mol. The van der Waals surface area contributed by atoms with Gasteiger partial charge in [0.05, 0.1) is 6.34 Å². The van der Waals surface area contributed by atoms with E-state index in [0.29, 0.717) is 6.54 Å². The second kappa shape index (κ2) is 3.61. The number of aromatic hydroxyl groups is 1. The summed E-state index contributed by atoms with van der Waals surface area (Å²) >= 11 is 0. The Kier molecular flexibility index (Phi) is 2.49. The van der Waals surface area contributed by atoms with Crippen LogP contribution in [-0.2, 0) is 6.54 Å². The lowest BCUT2D eigenvalue weighted by molar-refractivity contribution is 0.474. The zero-order valence-corrected chi connectivity index (χ0v) is 6.04. The summed E-state index contributed by atoms with van der Waals surface area (Å²) in [6, 6.07) is 6.94. The van der Waals surface area contributed by atoms with E-state index in [9.17, 15) is 0 Å². The molecule has 58 valence electrons. The van der Waals surface area contributed by atoms with Gasteiger partial charge in [0.2, 0.25) is 0 Å². The number of hydrogen-bond donors (Lipinski definition) is 3. The first-order chi connectivity index (χ1) is 5.33. The molecule has 11 heavy (non-hydrogen) atoms. The van der Waals surface area contributed by atoms with Crippen LogP contribution in [0.4, 0.5) is 0 Å². The van der Waals surface area contributed by atoms with Crippen molar-refractivity contribution in [1.29, 1.82) is 5.41 Å². The first-order valence-corrected chi connectivity index (χ1v) is 3.33. The van der Waals surface area contributed by atoms with Crippen LogP contribution in [0, 0.1) is 5.41 Å². The van der Waals surface area contributed by atoms with Crippen LogP contribution in [0.15, 0.2) is 24.3 Å². The van der Waals surface area contributed by atoms with E-state index in [4.69, 9.17) is 10.5 Å². The van der Waals surface area contributed by atoms with Gasteiger partial charge < -0.3 is 10.4 Å². The maximum atomic E-state index is 9.03. The molecule has 0 saturated heterocycles. The summed E-state index contributed by atoms with van der Waals surface area (Å²) in [6.45, 7) is 0.581. The summed E-state index contributed by atoms with van der Waals surface area (Å²) in [7, 11) is 0. The van der Waals surface area contributed by atoms with Crippen molar-refractivity contribution in [2.24, 2.45) is 0 Å². The van der Waals surface area contributed by atoms with Gasteiger partial charge in [-0.1, -0.05) is 12.1 Å². The SMILES string of the molecule is N=CNCc1cccc(O)c1. The highest BCUT2D eigenvalue weighted by Crippen LogP contribution is 2.09. The maximum absolute atomic E-state index is 9.03. The van der Waals surface area contributed by atoms with Crippen molar-refractivity contribution in [3.8, 4) is 5.75 Å². The molecule has 3 nitrogen and oxygen atoms in total. The highest BCUT2D eigenvalue weighted by Gasteiger charge is 1.90. The second-order valence-corrected chi connectivity index (χ2v) is 2.20. The molecule has 0 aromatic heterocycles. The van der Waals surface area contributed by atoms with Crippen molar-refractivity contribution >= 4 is 6.34 Å². The van der Waals surface area contributed by atoms with E-state index in [1.165, 1.54) is 0 Å². The number of nitrogens with one attached hydrogen (secondary N) is 2. The molecule has 0 atom stereocenters. The Morgan fingerprint density at radius 3 is 3.00 bits per heavy atom. The fourth-order valence-electron chi connectivity index (χ4n) is 0.835. The van der Waals surface area contributed by atoms with Gasteiger partial charge in [-0.3, -0.25) is 5.41 Å². The minimum Gasteiger partial charge on any atom is -0.508 e. The summed E-state index contributed by atoms with van der Waals surface area (Å²) in [5.74, 6) is 0.259. The molecule has 0 fully saturated rings. The van der Waals surface area contributed by atoms with Crippen LogP contribution in [0.3, 0.4) is 0 Å². The molecule has 0 saturated carbocycles. The zero-order chi connectivity index (χ0) is 8.10. The highest BCUT2D eigenvalue weighted by atomic mass is 16.3. The fourth-order valence-corrected chi connectivity index (χ4v) is 0.835. The zero-order valence-electron chi connectivity index (χ0n) is 6.04. The van der Waals surface area contributed by atoms with Crippen molar-refractivity contribution in [2.45, 2.75) is 6.54 Å². The van der Waals surface area contributed by atoms with Crippen molar-refractivity contribution in [2.75, 3.05) is 0 Å². The lowest BCUT2D eigenvalue weighted by Gasteiger charge is -1.99. The van der Waals surface area contributed by atoms with Gasteiger partial charge in [0, 0.05) is 6.54 Å². The van der Waals surface area contributed by atoms with Crippen molar-refractivity contribution in [1.82, 2.24) is 5.32 Å². The van der Waals surface area contributed by atoms with E-state index in [0.717, 1.165) is 11.9 Å². The Morgan fingerprint density at radius 2 is 2.36 bits per heavy atom. The normalized spacial score (nSPS) is 9.09. The molecule has 3 heteroatoms. The van der Waals surface area contributed by atoms with E-state index >= 15 is 0 Å². The number of benzene rings is 1. The van der Waals surface area contributed by atoms with Gasteiger partial charge in [-0.2, -0.15) is 0 Å². The van der Waals surface area contributed by atoms with Gasteiger partial charge in [-0.25, -0.2) is 0 Å². The largest absolute Gasteiger partial charge is 0.508 e. The van der Waals surface area contributed by atoms with Gasteiger partial charge in [0.15, 0.2) is 0 Å². The van der Waals surface area contributed by atoms with E-state index in [1.807, 2.05) is 6.07 Å². The molecule has 1 aromatic rings. The Morgan fingerprint density at radius 1 is 1.55 bits per heavy atom. The summed E-state index contributed by atoms with van der Waals surface area (Å²) in [5, 5.41) is 18.5. The fraction of sp³-hybridized carbons (Fsp3) is 0.125. The maximum Gasteiger partial charge on any atom is 0.115 e. The first-order valence-electron chi connectivity index (χ1n) is 3.33. The molecule has 0 aliphatic carbocycles. The van der Waals surface area contributed by atoms with Crippen LogP contribution in [0.2, 0.25) is 0 Å². The summed E-state index contributed by atoms with van der Waals surface area (Å²) in [6.07, 6.45) is 1.13. The Balaban J connectivity index is 2.63. The summed E-state index contributed by atoms with van der Waals surface area (Å²) in [5.41, 5.74) is 0.966. The van der Waals surface area contributed by atoms with E-state index in [-0.39, 0.29) is 5.75 Å². The molecule has 0 amide bonds. The summed E-state index contributed by atoms with van der Waals surface area (Å²) in [4.78, 5) is 0. The third kappa shape index (κ3) is 2.29. The number of phenolic OH excluding ortho intramolecular Hbond substituents is 1. The first kappa shape index (κ1) is 7.60. The topological polar surface area (TPSA) is 56.1 Å². The van der Waals surface area contributed by atoms with Gasteiger partial charge in [0.1, 0.15) is 5.75 Å². The van der Waals surface area contributed by atoms with Crippen LogP contribution in [0.1, 0.15) is 5.56 Å². The average Bonchev–Trinajstić information content (AvgIpc) is 2.01. The number of rotatable bonds is 3. The Hall–Kier alpha value is -1.51.